The zero-order valence-electron chi connectivity index (χ0n) is 22.0. The largest absolute Gasteiger partial charge is 0.352 e. The Morgan fingerprint density at radius 3 is 2.55 bits per heavy atom. The third kappa shape index (κ3) is 5.89. The van der Waals surface area contributed by atoms with Gasteiger partial charge in [0, 0.05) is 37.5 Å². The zero-order valence-corrected chi connectivity index (χ0v) is 22.0. The van der Waals surface area contributed by atoms with Crippen LogP contribution >= 0.6 is 0 Å². The van der Waals surface area contributed by atoms with Crippen molar-refractivity contribution in [3.63, 3.8) is 0 Å². The Kier molecular flexibility index (Phi) is 8.03. The van der Waals surface area contributed by atoms with Crippen LogP contribution in [0.2, 0.25) is 0 Å². The Bertz CT molecular complexity index is 1330. The summed E-state index contributed by atoms with van der Waals surface area (Å²) in [6, 6.07) is 19.5. The van der Waals surface area contributed by atoms with Crippen molar-refractivity contribution in [3.05, 3.63) is 82.9 Å². The quantitative estimate of drug-likeness (QED) is 0.454. The molecule has 1 saturated heterocycles. The molecule has 1 unspecified atom stereocenters. The lowest BCUT2D eigenvalue weighted by Crippen LogP contribution is -2.52. The maximum Gasteiger partial charge on any atom is 0.251 e. The second-order valence-electron chi connectivity index (χ2n) is 10.3. The number of nitrogens with one attached hydrogen (secondary N) is 3. The van der Waals surface area contributed by atoms with Crippen molar-refractivity contribution in [3.8, 4) is 0 Å². The lowest BCUT2D eigenvalue weighted by Gasteiger charge is -2.33. The first-order valence-corrected chi connectivity index (χ1v) is 13.7. The average Bonchev–Trinajstić information content (AvgIpc) is 2.96. The fourth-order valence-electron chi connectivity index (χ4n) is 5.54. The van der Waals surface area contributed by atoms with Crippen molar-refractivity contribution < 1.29 is 14.4 Å². The van der Waals surface area contributed by atoms with E-state index in [2.05, 4.69) is 40.2 Å². The highest BCUT2D eigenvalue weighted by Gasteiger charge is 2.31. The maximum atomic E-state index is 13.9. The Morgan fingerprint density at radius 1 is 0.974 bits per heavy atom. The molecule has 3 amide bonds. The van der Waals surface area contributed by atoms with Gasteiger partial charge < -0.3 is 20.9 Å². The van der Waals surface area contributed by atoms with Crippen LogP contribution < -0.4 is 16.0 Å². The van der Waals surface area contributed by atoms with Gasteiger partial charge in [-0.25, -0.2) is 0 Å². The SMILES string of the molecule is CCNC(=O)c1ccc2c(c1)CCN(C(=O)C(Cc1ccc3ccccc3c1)NC(=O)C1CCNCC1)C2. The van der Waals surface area contributed by atoms with Crippen molar-refractivity contribution in [2.24, 2.45) is 5.92 Å². The molecular weight excluding hydrogens is 476 g/mol. The second-order valence-corrected chi connectivity index (χ2v) is 10.3. The van der Waals surface area contributed by atoms with Gasteiger partial charge >= 0.3 is 0 Å². The molecule has 0 spiro atoms. The van der Waals surface area contributed by atoms with E-state index in [4.69, 9.17) is 0 Å². The molecule has 5 rings (SSSR count). The van der Waals surface area contributed by atoms with Crippen molar-refractivity contribution in [2.75, 3.05) is 26.2 Å². The standard InChI is InChI=1S/C31H36N4O3/c1-2-33-29(36)26-9-10-27-20-35(16-13-25(27)19-26)31(38)28(34-30(37)23-11-14-32-15-12-23)18-21-7-8-22-5-3-4-6-24(22)17-21/h3-10,17,19,23,28,32H,2,11-16,18,20H2,1H3,(H,33,36)(H,34,37). The molecule has 0 aromatic heterocycles. The second kappa shape index (κ2) is 11.8. The van der Waals surface area contributed by atoms with Crippen LogP contribution in [0.25, 0.3) is 10.8 Å². The van der Waals surface area contributed by atoms with Crippen molar-refractivity contribution in [1.82, 2.24) is 20.9 Å². The van der Waals surface area contributed by atoms with E-state index < -0.39 is 6.04 Å². The zero-order chi connectivity index (χ0) is 26.5. The normalized spacial score (nSPS) is 16.5. The van der Waals surface area contributed by atoms with Crippen LogP contribution in [0.1, 0.15) is 46.8 Å². The minimum Gasteiger partial charge on any atom is -0.352 e. The Hall–Kier alpha value is -3.71. The van der Waals surface area contributed by atoms with Gasteiger partial charge in [-0.3, -0.25) is 14.4 Å². The first-order chi connectivity index (χ1) is 18.5. The molecule has 2 heterocycles. The van der Waals surface area contributed by atoms with E-state index in [1.54, 1.807) is 0 Å². The van der Waals surface area contributed by atoms with E-state index in [1.807, 2.05) is 48.2 Å². The molecular formula is C31H36N4O3. The summed E-state index contributed by atoms with van der Waals surface area (Å²) < 4.78 is 0. The minimum absolute atomic E-state index is 0.0328. The molecule has 0 radical (unpaired) electrons. The summed E-state index contributed by atoms with van der Waals surface area (Å²) in [6.45, 7) is 5.16. The molecule has 198 valence electrons. The van der Waals surface area contributed by atoms with Crippen LogP contribution in [0.3, 0.4) is 0 Å². The predicted molar refractivity (Wildman–Crippen MR) is 149 cm³/mol. The highest BCUT2D eigenvalue weighted by atomic mass is 16.2. The molecule has 3 aromatic carbocycles. The van der Waals surface area contributed by atoms with Gasteiger partial charge in [-0.15, -0.1) is 0 Å². The lowest BCUT2D eigenvalue weighted by molar-refractivity contribution is -0.138. The lowest BCUT2D eigenvalue weighted by atomic mass is 9.94. The van der Waals surface area contributed by atoms with Crippen LogP contribution in [0.5, 0.6) is 0 Å². The summed E-state index contributed by atoms with van der Waals surface area (Å²) in [4.78, 5) is 41.2. The van der Waals surface area contributed by atoms with Crippen LogP contribution in [-0.2, 0) is 29.0 Å². The fraction of sp³-hybridized carbons (Fsp3) is 0.387. The molecule has 2 aliphatic rings. The summed E-state index contributed by atoms with van der Waals surface area (Å²) in [5, 5.41) is 11.5. The van der Waals surface area contributed by atoms with Gasteiger partial charge in [0.2, 0.25) is 11.8 Å². The molecule has 0 saturated carbocycles. The van der Waals surface area contributed by atoms with E-state index >= 15 is 0 Å². The summed E-state index contributed by atoms with van der Waals surface area (Å²) in [5.41, 5.74) is 3.82. The van der Waals surface area contributed by atoms with Gasteiger partial charge in [0.15, 0.2) is 0 Å². The number of hydrogen-bond acceptors (Lipinski definition) is 4. The Balaban J connectivity index is 1.35. The highest BCUT2D eigenvalue weighted by Crippen LogP contribution is 2.23. The molecule has 0 aliphatic carbocycles. The number of nitrogens with zero attached hydrogens (tertiary/aromatic N) is 1. The number of carbonyl (C=O) groups is 3. The van der Waals surface area contributed by atoms with E-state index in [1.165, 1.54) is 0 Å². The number of rotatable bonds is 7. The van der Waals surface area contributed by atoms with Gasteiger partial charge in [-0.1, -0.05) is 48.5 Å². The van der Waals surface area contributed by atoms with Gasteiger partial charge in [0.05, 0.1) is 0 Å². The smallest absolute Gasteiger partial charge is 0.251 e. The van der Waals surface area contributed by atoms with Gasteiger partial charge in [-0.05, 0) is 78.9 Å². The van der Waals surface area contributed by atoms with Crippen LogP contribution in [-0.4, -0.2) is 54.8 Å². The molecule has 3 N–H and O–H groups in total. The topological polar surface area (TPSA) is 90.5 Å². The highest BCUT2D eigenvalue weighted by molar-refractivity contribution is 5.94. The van der Waals surface area contributed by atoms with E-state index in [0.29, 0.717) is 38.0 Å². The molecule has 3 aromatic rings. The Labute approximate surface area is 224 Å². The maximum absolute atomic E-state index is 13.9. The van der Waals surface area contributed by atoms with Crippen molar-refractivity contribution in [2.45, 2.75) is 45.2 Å². The third-order valence-corrected chi connectivity index (χ3v) is 7.71. The molecule has 7 heteroatoms. The monoisotopic (exact) mass is 512 g/mol. The summed E-state index contributed by atoms with van der Waals surface area (Å²) in [5.74, 6) is -0.240. The van der Waals surface area contributed by atoms with Gasteiger partial charge in [-0.2, -0.15) is 0 Å². The van der Waals surface area contributed by atoms with Crippen molar-refractivity contribution in [1.29, 1.82) is 0 Å². The van der Waals surface area contributed by atoms with Crippen LogP contribution in [0.4, 0.5) is 0 Å². The first kappa shape index (κ1) is 25.9. The number of amides is 3. The Morgan fingerprint density at radius 2 is 1.76 bits per heavy atom. The number of fused-ring (bicyclic) bond motifs is 2. The number of piperidine rings is 1. The number of benzene rings is 3. The minimum atomic E-state index is -0.630. The van der Waals surface area contributed by atoms with Crippen LogP contribution in [0.15, 0.2) is 60.7 Å². The van der Waals surface area contributed by atoms with E-state index in [9.17, 15) is 14.4 Å². The molecule has 1 fully saturated rings. The van der Waals surface area contributed by atoms with Crippen LogP contribution in [0, 0.1) is 5.92 Å². The molecule has 0 bridgehead atoms. The van der Waals surface area contributed by atoms with E-state index in [-0.39, 0.29) is 23.6 Å². The predicted octanol–water partition coefficient (Wildman–Crippen LogP) is 3.20. The molecule has 7 nitrogen and oxygen atoms in total. The van der Waals surface area contributed by atoms with Gasteiger partial charge in [0.25, 0.3) is 5.91 Å². The molecule has 38 heavy (non-hydrogen) atoms. The molecule has 1 atom stereocenters. The number of carbonyl (C=O) groups excluding carboxylic acids is 3. The van der Waals surface area contributed by atoms with Gasteiger partial charge in [0.1, 0.15) is 6.04 Å². The average molecular weight is 513 g/mol. The third-order valence-electron chi connectivity index (χ3n) is 7.71. The first-order valence-electron chi connectivity index (χ1n) is 13.7. The van der Waals surface area contributed by atoms with Crippen molar-refractivity contribution >= 4 is 28.5 Å². The summed E-state index contributed by atoms with van der Waals surface area (Å²) in [6.07, 6.45) is 2.70. The summed E-state index contributed by atoms with van der Waals surface area (Å²) in [7, 11) is 0. The fourth-order valence-corrected chi connectivity index (χ4v) is 5.54. The molecule has 2 aliphatic heterocycles. The number of hydrogen-bond donors (Lipinski definition) is 3. The summed E-state index contributed by atoms with van der Waals surface area (Å²) >= 11 is 0. The van der Waals surface area contributed by atoms with E-state index in [0.717, 1.165) is 53.4 Å².